The van der Waals surface area contributed by atoms with Gasteiger partial charge in [-0.15, -0.1) is 5.10 Å². The maximum atomic E-state index is 12.7. The Morgan fingerprint density at radius 2 is 1.96 bits per heavy atom. The number of nitrogens with one attached hydrogen (secondary N) is 2. The average molecular weight is 393 g/mol. The van der Waals surface area contributed by atoms with Crippen LogP contribution in [0.5, 0.6) is 0 Å². The van der Waals surface area contributed by atoms with Crippen molar-refractivity contribution in [2.24, 2.45) is 17.8 Å². The van der Waals surface area contributed by atoms with E-state index < -0.39 is 0 Å². The van der Waals surface area contributed by atoms with Gasteiger partial charge in [0.05, 0.1) is 18.4 Å². The van der Waals surface area contributed by atoms with E-state index in [1.165, 1.54) is 31.0 Å². The molecule has 0 spiro atoms. The van der Waals surface area contributed by atoms with E-state index in [1.807, 2.05) is 0 Å². The van der Waals surface area contributed by atoms with Crippen LogP contribution in [0.2, 0.25) is 0 Å². The van der Waals surface area contributed by atoms with Crippen LogP contribution in [-0.2, 0) is 16.1 Å². The van der Waals surface area contributed by atoms with Crippen molar-refractivity contribution >= 4 is 17.7 Å². The number of carbonyl (C=O) groups is 1. The van der Waals surface area contributed by atoms with E-state index in [1.54, 1.807) is 4.57 Å². The van der Waals surface area contributed by atoms with Crippen LogP contribution in [0.1, 0.15) is 51.4 Å². The molecule has 5 fully saturated rings. The van der Waals surface area contributed by atoms with Gasteiger partial charge in [-0.3, -0.25) is 9.36 Å². The summed E-state index contributed by atoms with van der Waals surface area (Å²) in [6, 6.07) is 0. The van der Waals surface area contributed by atoms with Gasteiger partial charge in [-0.1, -0.05) is 11.8 Å². The minimum atomic E-state index is -0.227. The molecule has 4 aliphatic carbocycles. The van der Waals surface area contributed by atoms with Crippen molar-refractivity contribution in [2.45, 2.75) is 74.7 Å². The van der Waals surface area contributed by atoms with Crippen molar-refractivity contribution in [3.05, 3.63) is 10.5 Å². The third kappa shape index (κ3) is 3.58. The predicted molar refractivity (Wildman–Crippen MR) is 102 cm³/mol. The Morgan fingerprint density at radius 1 is 1.26 bits per heavy atom. The fourth-order valence-corrected chi connectivity index (χ4v) is 7.05. The molecule has 27 heavy (non-hydrogen) atoms. The van der Waals surface area contributed by atoms with Crippen molar-refractivity contribution in [2.75, 3.05) is 12.4 Å². The number of rotatable bonds is 6. The molecule has 0 radical (unpaired) electrons. The highest BCUT2D eigenvalue weighted by Crippen LogP contribution is 2.55. The molecule has 1 atom stereocenters. The Hall–Kier alpha value is -1.28. The van der Waals surface area contributed by atoms with E-state index in [4.69, 9.17) is 4.74 Å². The molecule has 5 aliphatic rings. The van der Waals surface area contributed by atoms with E-state index in [-0.39, 0.29) is 23.2 Å². The van der Waals surface area contributed by atoms with E-state index in [9.17, 15) is 9.59 Å². The normalized spacial score (nSPS) is 37.0. The van der Waals surface area contributed by atoms with Gasteiger partial charge in [-0.25, -0.2) is 9.89 Å². The zero-order valence-electron chi connectivity index (χ0n) is 15.6. The van der Waals surface area contributed by atoms with Gasteiger partial charge in [0.15, 0.2) is 5.16 Å². The summed E-state index contributed by atoms with van der Waals surface area (Å²) >= 11 is 1.34. The van der Waals surface area contributed by atoms with Crippen molar-refractivity contribution in [3.8, 4) is 0 Å². The molecule has 0 aromatic carbocycles. The van der Waals surface area contributed by atoms with Crippen LogP contribution < -0.4 is 11.0 Å². The standard InChI is InChI=1S/C19H28N4O3S/c24-16(20-19-7-12-4-13(8-19)6-14(5-12)9-19)11-27-18-22-21-17(25)23(18)10-15-2-1-3-26-15/h12-15H,1-11H2,(H,20,24)(H,21,25)/t12?,13?,14?,15-,19?/m0/s1. The molecule has 6 rings (SSSR count). The lowest BCUT2D eigenvalue weighted by Crippen LogP contribution is -2.60. The Morgan fingerprint density at radius 3 is 2.59 bits per heavy atom. The fourth-order valence-electron chi connectivity index (χ4n) is 6.29. The zero-order valence-corrected chi connectivity index (χ0v) is 16.4. The van der Waals surface area contributed by atoms with E-state index in [0.717, 1.165) is 56.5 Å². The monoisotopic (exact) mass is 392 g/mol. The summed E-state index contributed by atoms with van der Waals surface area (Å²) in [6.45, 7) is 1.27. The SMILES string of the molecule is O=C(CSc1n[nH]c(=O)n1C[C@@H]1CCCO1)NC12CC3CC(CC(C3)C1)C2. The Bertz CT molecular complexity index is 732. The molecule has 1 saturated heterocycles. The van der Waals surface area contributed by atoms with Crippen LogP contribution in [0.25, 0.3) is 0 Å². The van der Waals surface area contributed by atoms with Crippen molar-refractivity contribution < 1.29 is 9.53 Å². The molecule has 148 valence electrons. The lowest BCUT2D eigenvalue weighted by molar-refractivity contribution is -0.124. The summed E-state index contributed by atoms with van der Waals surface area (Å²) in [6.07, 6.45) is 9.64. The highest BCUT2D eigenvalue weighted by Gasteiger charge is 2.51. The summed E-state index contributed by atoms with van der Waals surface area (Å²) in [5.74, 6) is 2.81. The summed E-state index contributed by atoms with van der Waals surface area (Å²) in [5.41, 5.74) is -0.190. The molecular formula is C19H28N4O3S. The number of aromatic amines is 1. The number of thioether (sulfide) groups is 1. The Kier molecular flexibility index (Phi) is 4.58. The lowest BCUT2D eigenvalue weighted by Gasteiger charge is -2.56. The van der Waals surface area contributed by atoms with Gasteiger partial charge in [0.25, 0.3) is 0 Å². The largest absolute Gasteiger partial charge is 0.376 e. The van der Waals surface area contributed by atoms with Crippen molar-refractivity contribution in [3.63, 3.8) is 0 Å². The minimum absolute atomic E-state index is 0.0370. The second-order valence-corrected chi connectivity index (χ2v) is 10.0. The third-order valence-corrected chi connectivity index (χ3v) is 7.89. The van der Waals surface area contributed by atoms with E-state index in [2.05, 4.69) is 15.5 Å². The number of ether oxygens (including phenoxy) is 1. The molecule has 4 saturated carbocycles. The summed E-state index contributed by atoms with van der Waals surface area (Å²) < 4.78 is 7.24. The molecular weight excluding hydrogens is 364 g/mol. The highest BCUT2D eigenvalue weighted by atomic mass is 32.2. The van der Waals surface area contributed by atoms with Crippen LogP contribution in [0.4, 0.5) is 0 Å². The number of hydrogen-bond acceptors (Lipinski definition) is 5. The van der Waals surface area contributed by atoms with E-state index in [0.29, 0.717) is 17.5 Å². The van der Waals surface area contributed by atoms with Crippen LogP contribution >= 0.6 is 11.8 Å². The Balaban J connectivity index is 1.20. The molecule has 2 heterocycles. The van der Waals surface area contributed by atoms with Gasteiger partial charge in [-0.2, -0.15) is 0 Å². The summed E-state index contributed by atoms with van der Waals surface area (Å²) in [5, 5.41) is 10.6. The van der Waals surface area contributed by atoms with Gasteiger partial charge in [0.2, 0.25) is 5.91 Å². The average Bonchev–Trinajstić information content (AvgIpc) is 3.23. The van der Waals surface area contributed by atoms with Crippen LogP contribution in [-0.4, -0.2) is 44.7 Å². The molecule has 1 aromatic rings. The number of aromatic nitrogens is 3. The second kappa shape index (κ2) is 6.95. The van der Waals surface area contributed by atoms with Gasteiger partial charge < -0.3 is 10.1 Å². The molecule has 1 aliphatic heterocycles. The smallest absolute Gasteiger partial charge is 0.344 e. The number of H-pyrrole nitrogens is 1. The summed E-state index contributed by atoms with van der Waals surface area (Å²) in [4.78, 5) is 24.7. The quantitative estimate of drug-likeness (QED) is 0.722. The topological polar surface area (TPSA) is 89.0 Å². The number of hydrogen-bond donors (Lipinski definition) is 2. The van der Waals surface area contributed by atoms with Crippen molar-refractivity contribution in [1.29, 1.82) is 0 Å². The number of nitrogens with zero attached hydrogens (tertiary/aromatic N) is 2. The maximum absolute atomic E-state index is 12.7. The fraction of sp³-hybridized carbons (Fsp3) is 0.842. The molecule has 4 bridgehead atoms. The molecule has 0 unspecified atom stereocenters. The summed E-state index contributed by atoms with van der Waals surface area (Å²) in [7, 11) is 0. The second-order valence-electron chi connectivity index (χ2n) is 9.09. The highest BCUT2D eigenvalue weighted by molar-refractivity contribution is 7.99. The number of amides is 1. The van der Waals surface area contributed by atoms with Crippen molar-refractivity contribution in [1.82, 2.24) is 20.1 Å². The zero-order chi connectivity index (χ0) is 18.4. The van der Waals surface area contributed by atoms with Gasteiger partial charge in [-0.05, 0) is 69.1 Å². The first-order valence-corrected chi connectivity index (χ1v) is 11.3. The van der Waals surface area contributed by atoms with E-state index >= 15 is 0 Å². The van der Waals surface area contributed by atoms with Gasteiger partial charge >= 0.3 is 5.69 Å². The lowest BCUT2D eigenvalue weighted by atomic mass is 9.53. The van der Waals surface area contributed by atoms with Crippen LogP contribution in [0, 0.1) is 17.8 Å². The molecule has 1 aromatic heterocycles. The first kappa shape index (κ1) is 17.8. The first-order chi connectivity index (χ1) is 13.1. The minimum Gasteiger partial charge on any atom is -0.376 e. The number of carbonyl (C=O) groups excluding carboxylic acids is 1. The van der Waals surface area contributed by atoms with Crippen LogP contribution in [0.3, 0.4) is 0 Å². The predicted octanol–water partition coefficient (Wildman–Crippen LogP) is 1.93. The Labute approximate surface area is 163 Å². The van der Waals surface area contributed by atoms with Gasteiger partial charge in [0, 0.05) is 12.1 Å². The molecule has 7 nitrogen and oxygen atoms in total. The molecule has 1 amide bonds. The molecule has 2 N–H and O–H groups in total. The first-order valence-electron chi connectivity index (χ1n) is 10.3. The maximum Gasteiger partial charge on any atom is 0.344 e. The third-order valence-electron chi connectivity index (χ3n) is 6.91. The van der Waals surface area contributed by atoms with Crippen LogP contribution in [0.15, 0.2) is 9.95 Å². The van der Waals surface area contributed by atoms with Gasteiger partial charge in [0.1, 0.15) is 0 Å². The molecule has 8 heteroatoms.